The Morgan fingerprint density at radius 2 is 2.00 bits per heavy atom. The van der Waals surface area contributed by atoms with Gasteiger partial charge in [0.25, 0.3) is 5.91 Å². The summed E-state index contributed by atoms with van der Waals surface area (Å²) in [5.41, 5.74) is 4.42. The minimum atomic E-state index is -0.339. The number of carbonyl (C=O) groups is 1. The first kappa shape index (κ1) is 16.8. The summed E-state index contributed by atoms with van der Waals surface area (Å²) in [5.74, 6) is 0.200. The van der Waals surface area contributed by atoms with Crippen LogP contribution < -0.4 is 10.2 Å². The van der Waals surface area contributed by atoms with Crippen molar-refractivity contribution in [2.45, 2.75) is 6.92 Å². The van der Waals surface area contributed by atoms with Gasteiger partial charge in [-0.25, -0.2) is 5.43 Å². The second-order valence-electron chi connectivity index (χ2n) is 4.84. The molecule has 0 radical (unpaired) electrons. The van der Waals surface area contributed by atoms with Crippen LogP contribution in [0.2, 0.25) is 5.02 Å². The average Bonchev–Trinajstić information content (AvgIpc) is 2.54. The molecule has 0 atom stereocenters. The molecule has 0 aliphatic heterocycles. The summed E-state index contributed by atoms with van der Waals surface area (Å²) in [4.78, 5) is 11.6. The lowest BCUT2D eigenvalue weighted by molar-refractivity contribution is -0.123. The number of hydrazone groups is 1. The highest BCUT2D eigenvalue weighted by molar-refractivity contribution is 6.30. The topological polar surface area (TPSA) is 50.7 Å². The number of nitrogens with zero attached hydrogens (tertiary/aromatic N) is 1. The van der Waals surface area contributed by atoms with Gasteiger partial charge in [-0.05, 0) is 36.3 Å². The molecule has 1 amide bonds. The Morgan fingerprint density at radius 1 is 1.22 bits per heavy atom. The molecule has 4 nitrogen and oxygen atoms in total. The van der Waals surface area contributed by atoms with E-state index < -0.39 is 0 Å². The van der Waals surface area contributed by atoms with E-state index in [-0.39, 0.29) is 12.5 Å². The Balaban J connectivity index is 1.78. The van der Waals surface area contributed by atoms with Crippen LogP contribution in [0.4, 0.5) is 0 Å². The van der Waals surface area contributed by atoms with Gasteiger partial charge in [-0.2, -0.15) is 5.10 Å². The number of allylic oxidation sites excluding steroid dienone is 1. The highest BCUT2D eigenvalue weighted by Crippen LogP contribution is 2.16. The van der Waals surface area contributed by atoms with Crippen LogP contribution in [0.3, 0.4) is 0 Å². The molecule has 118 valence electrons. The van der Waals surface area contributed by atoms with Crippen molar-refractivity contribution >= 4 is 29.8 Å². The van der Waals surface area contributed by atoms with Crippen molar-refractivity contribution in [2.24, 2.45) is 5.10 Å². The number of nitrogens with one attached hydrogen (secondary N) is 1. The van der Waals surface area contributed by atoms with Gasteiger partial charge >= 0.3 is 0 Å². The number of hydrogen-bond acceptors (Lipinski definition) is 3. The van der Waals surface area contributed by atoms with Crippen molar-refractivity contribution < 1.29 is 9.53 Å². The van der Waals surface area contributed by atoms with Crippen LogP contribution in [-0.2, 0) is 4.79 Å². The van der Waals surface area contributed by atoms with Crippen LogP contribution >= 0.6 is 11.6 Å². The zero-order valence-corrected chi connectivity index (χ0v) is 13.5. The Hall–Kier alpha value is -2.59. The molecule has 5 heteroatoms. The van der Waals surface area contributed by atoms with Crippen LogP contribution in [-0.4, -0.2) is 18.7 Å². The molecule has 0 bridgehead atoms. The Morgan fingerprint density at radius 3 is 2.74 bits per heavy atom. The van der Waals surface area contributed by atoms with Crippen molar-refractivity contribution in [2.75, 3.05) is 6.61 Å². The molecule has 0 saturated heterocycles. The Bertz CT molecular complexity index is 712. The van der Waals surface area contributed by atoms with Gasteiger partial charge in [0.15, 0.2) is 6.61 Å². The fourth-order valence-corrected chi connectivity index (χ4v) is 1.97. The highest BCUT2D eigenvalue weighted by Gasteiger charge is 2.01. The van der Waals surface area contributed by atoms with Crippen LogP contribution in [0.15, 0.2) is 65.3 Å². The first-order valence-corrected chi connectivity index (χ1v) is 7.45. The summed E-state index contributed by atoms with van der Waals surface area (Å²) < 4.78 is 5.32. The van der Waals surface area contributed by atoms with Crippen molar-refractivity contribution in [1.29, 1.82) is 0 Å². The third kappa shape index (κ3) is 6.36. The van der Waals surface area contributed by atoms with E-state index in [1.54, 1.807) is 30.5 Å². The van der Waals surface area contributed by atoms with Crippen LogP contribution in [0, 0.1) is 0 Å². The predicted octanol–water partition coefficient (Wildman–Crippen LogP) is 3.92. The summed E-state index contributed by atoms with van der Waals surface area (Å²) in [5, 5.41) is 4.46. The molecular formula is C18H17ClN2O2. The van der Waals surface area contributed by atoms with Gasteiger partial charge in [0.05, 0.1) is 6.21 Å². The number of ether oxygens (including phenoxy) is 1. The summed E-state index contributed by atoms with van der Waals surface area (Å²) >= 11 is 5.83. The number of carbonyl (C=O) groups excluding carboxylic acids is 1. The first-order valence-electron chi connectivity index (χ1n) is 7.07. The normalized spacial score (nSPS) is 11.5. The number of amides is 1. The van der Waals surface area contributed by atoms with Gasteiger partial charge in [0.2, 0.25) is 0 Å². The first-order chi connectivity index (χ1) is 11.1. The van der Waals surface area contributed by atoms with Crippen molar-refractivity contribution in [3.8, 4) is 5.75 Å². The third-order valence-electron chi connectivity index (χ3n) is 2.82. The number of benzene rings is 2. The summed E-state index contributed by atoms with van der Waals surface area (Å²) in [6.07, 6.45) is 3.56. The second-order valence-corrected chi connectivity index (χ2v) is 5.27. The highest BCUT2D eigenvalue weighted by atomic mass is 35.5. The van der Waals surface area contributed by atoms with Crippen molar-refractivity contribution in [3.63, 3.8) is 0 Å². The smallest absolute Gasteiger partial charge is 0.277 e. The zero-order chi connectivity index (χ0) is 16.5. The molecule has 1 N–H and O–H groups in total. The lowest BCUT2D eigenvalue weighted by atomic mass is 10.1. The van der Waals surface area contributed by atoms with Gasteiger partial charge in [-0.3, -0.25) is 4.79 Å². The number of halogens is 1. The minimum Gasteiger partial charge on any atom is -0.484 e. The van der Waals surface area contributed by atoms with Crippen LogP contribution in [0.1, 0.15) is 12.5 Å². The maximum atomic E-state index is 11.6. The quantitative estimate of drug-likeness (QED) is 0.645. The molecule has 0 aliphatic carbocycles. The Kier molecular flexibility index (Phi) is 6.39. The van der Waals surface area contributed by atoms with Gasteiger partial charge in [-0.15, -0.1) is 0 Å². The second kappa shape index (κ2) is 8.76. The number of rotatable bonds is 6. The molecule has 2 aromatic carbocycles. The molecule has 0 heterocycles. The fraction of sp³-hybridized carbons (Fsp3) is 0.111. The largest absolute Gasteiger partial charge is 0.484 e. The summed E-state index contributed by atoms with van der Waals surface area (Å²) in [6, 6.07) is 16.7. The van der Waals surface area contributed by atoms with E-state index in [4.69, 9.17) is 16.3 Å². The fourth-order valence-electron chi connectivity index (χ4n) is 1.79. The average molecular weight is 329 g/mol. The van der Waals surface area contributed by atoms with Crippen molar-refractivity contribution in [1.82, 2.24) is 5.43 Å². The van der Waals surface area contributed by atoms with E-state index in [1.807, 2.05) is 43.3 Å². The van der Waals surface area contributed by atoms with E-state index in [0.29, 0.717) is 10.8 Å². The molecule has 0 saturated carbocycles. The van der Waals surface area contributed by atoms with Gasteiger partial charge < -0.3 is 4.74 Å². The molecule has 2 rings (SSSR count). The van der Waals surface area contributed by atoms with E-state index in [9.17, 15) is 4.79 Å². The molecule has 0 fully saturated rings. The molecule has 0 spiro atoms. The van der Waals surface area contributed by atoms with Crippen LogP contribution in [0.5, 0.6) is 5.75 Å². The molecule has 23 heavy (non-hydrogen) atoms. The van der Waals surface area contributed by atoms with Crippen LogP contribution in [0.25, 0.3) is 6.08 Å². The maximum Gasteiger partial charge on any atom is 0.277 e. The van der Waals surface area contributed by atoms with Gasteiger partial charge in [-0.1, -0.05) is 54.1 Å². The summed E-state index contributed by atoms with van der Waals surface area (Å²) in [6.45, 7) is 1.78. The van der Waals surface area contributed by atoms with E-state index in [1.165, 1.54) is 0 Å². The lowest BCUT2D eigenvalue weighted by Gasteiger charge is -2.04. The van der Waals surface area contributed by atoms with E-state index in [2.05, 4.69) is 10.5 Å². The molecule has 0 aromatic heterocycles. The molecule has 2 aromatic rings. The van der Waals surface area contributed by atoms with Crippen molar-refractivity contribution in [3.05, 3.63) is 70.8 Å². The molecular weight excluding hydrogens is 312 g/mol. The standard InChI is InChI=1S/C18H17ClN2O2/c1-14(10-15-6-3-2-4-7-15)12-20-21-18(22)13-23-17-9-5-8-16(19)11-17/h2-12H,13H2,1H3,(H,21,22)/b14-10+,20-12+. The Labute approximate surface area is 140 Å². The monoisotopic (exact) mass is 328 g/mol. The third-order valence-corrected chi connectivity index (χ3v) is 3.05. The minimum absolute atomic E-state index is 0.126. The predicted molar refractivity (Wildman–Crippen MR) is 93.7 cm³/mol. The van der Waals surface area contributed by atoms with E-state index in [0.717, 1.165) is 11.1 Å². The number of hydrogen-bond donors (Lipinski definition) is 1. The summed E-state index contributed by atoms with van der Waals surface area (Å²) in [7, 11) is 0. The molecule has 0 unspecified atom stereocenters. The zero-order valence-electron chi connectivity index (χ0n) is 12.7. The van der Waals surface area contributed by atoms with Gasteiger partial charge in [0.1, 0.15) is 5.75 Å². The maximum absolute atomic E-state index is 11.6. The SMILES string of the molecule is CC(/C=N/NC(=O)COc1cccc(Cl)c1)=C\c1ccccc1. The van der Waals surface area contributed by atoms with E-state index >= 15 is 0 Å². The van der Waals surface area contributed by atoms with Gasteiger partial charge in [0, 0.05) is 5.02 Å². The lowest BCUT2D eigenvalue weighted by Crippen LogP contribution is -2.24. The molecule has 0 aliphatic rings.